The Kier molecular flexibility index (Phi) is 6.28. The fourth-order valence-corrected chi connectivity index (χ4v) is 4.42. The second kappa shape index (κ2) is 9.11. The van der Waals surface area contributed by atoms with Gasteiger partial charge in [0.05, 0.1) is 12.8 Å². The van der Waals surface area contributed by atoms with Crippen LogP contribution in [0.3, 0.4) is 0 Å². The molecule has 0 bridgehead atoms. The number of ether oxygens (including phenoxy) is 1. The maximum Gasteiger partial charge on any atom is 0.145 e. The number of fused-ring (bicyclic) bond motifs is 2. The van der Waals surface area contributed by atoms with Crippen molar-refractivity contribution < 1.29 is 4.74 Å². The summed E-state index contributed by atoms with van der Waals surface area (Å²) in [5.74, 6) is 1.36. The van der Waals surface area contributed by atoms with E-state index in [2.05, 4.69) is 55.2 Å². The third kappa shape index (κ3) is 4.05. The van der Waals surface area contributed by atoms with E-state index in [1.54, 1.807) is 7.11 Å². The number of hydrogen-bond donors (Lipinski definition) is 2. The van der Waals surface area contributed by atoms with Gasteiger partial charge in [0.2, 0.25) is 0 Å². The average Bonchev–Trinajstić information content (AvgIpc) is 3.15. The van der Waals surface area contributed by atoms with Gasteiger partial charge in [0.25, 0.3) is 0 Å². The van der Waals surface area contributed by atoms with E-state index in [0.717, 1.165) is 54.6 Å². The third-order valence-corrected chi connectivity index (χ3v) is 6.44. The molecule has 2 heterocycles. The molecule has 0 amide bonds. The lowest BCUT2D eigenvalue weighted by atomic mass is 9.94. The van der Waals surface area contributed by atoms with Crippen molar-refractivity contribution >= 4 is 21.8 Å². The number of nitrogens with two attached hydrogens (primary N) is 1. The standard InChI is InChI=1S/C27H33N3O/c1-5-17(2)19-10-13-24-23(16-19)20(8-6-7-15-28)26(30-24)21-12-14-25(31-4)27-22(21)11-9-18(3)29-27/h9-14,16-17,30H,5-8,15,28H2,1-4H3. The Labute approximate surface area is 184 Å². The van der Waals surface area contributed by atoms with Gasteiger partial charge in [-0.15, -0.1) is 0 Å². The summed E-state index contributed by atoms with van der Waals surface area (Å²) in [6, 6.07) is 15.3. The molecular formula is C27H33N3O. The molecule has 0 saturated carbocycles. The van der Waals surface area contributed by atoms with Crippen LogP contribution in [-0.4, -0.2) is 23.6 Å². The van der Waals surface area contributed by atoms with Crippen molar-refractivity contribution in [1.82, 2.24) is 9.97 Å². The molecule has 31 heavy (non-hydrogen) atoms. The predicted molar refractivity (Wildman–Crippen MR) is 131 cm³/mol. The molecule has 0 spiro atoms. The van der Waals surface area contributed by atoms with E-state index in [0.29, 0.717) is 5.92 Å². The van der Waals surface area contributed by atoms with Crippen LogP contribution in [-0.2, 0) is 6.42 Å². The maximum absolute atomic E-state index is 5.80. The Bertz CT molecular complexity index is 1210. The monoisotopic (exact) mass is 415 g/mol. The van der Waals surface area contributed by atoms with E-state index in [1.165, 1.54) is 33.3 Å². The normalized spacial score (nSPS) is 12.5. The number of methoxy groups -OCH3 is 1. The topological polar surface area (TPSA) is 63.9 Å². The number of hydrogen-bond acceptors (Lipinski definition) is 3. The molecule has 4 aromatic rings. The number of rotatable bonds is 8. The van der Waals surface area contributed by atoms with Gasteiger partial charge in [-0.25, -0.2) is 4.98 Å². The van der Waals surface area contributed by atoms with Gasteiger partial charge in [-0.3, -0.25) is 0 Å². The molecule has 1 unspecified atom stereocenters. The summed E-state index contributed by atoms with van der Waals surface area (Å²) in [4.78, 5) is 8.52. The van der Waals surface area contributed by atoms with Gasteiger partial charge in [0.1, 0.15) is 11.3 Å². The van der Waals surface area contributed by atoms with Gasteiger partial charge in [0, 0.05) is 27.5 Å². The summed E-state index contributed by atoms with van der Waals surface area (Å²) >= 11 is 0. The minimum Gasteiger partial charge on any atom is -0.494 e. The van der Waals surface area contributed by atoms with Gasteiger partial charge in [-0.1, -0.05) is 26.0 Å². The fourth-order valence-electron chi connectivity index (χ4n) is 4.42. The number of nitrogens with one attached hydrogen (secondary N) is 1. The van der Waals surface area contributed by atoms with E-state index in [9.17, 15) is 0 Å². The van der Waals surface area contributed by atoms with Crippen LogP contribution in [0.25, 0.3) is 33.1 Å². The lowest BCUT2D eigenvalue weighted by Gasteiger charge is -2.12. The summed E-state index contributed by atoms with van der Waals surface area (Å²) in [5.41, 5.74) is 14.0. The fraction of sp³-hybridized carbons (Fsp3) is 0.370. The quantitative estimate of drug-likeness (QED) is 0.323. The molecule has 0 saturated heterocycles. The molecule has 1 atom stereocenters. The van der Waals surface area contributed by atoms with Crippen molar-refractivity contribution in [3.8, 4) is 17.0 Å². The molecule has 0 radical (unpaired) electrons. The summed E-state index contributed by atoms with van der Waals surface area (Å²) in [6.45, 7) is 7.29. The Morgan fingerprint density at radius 2 is 1.90 bits per heavy atom. The molecule has 4 nitrogen and oxygen atoms in total. The van der Waals surface area contributed by atoms with E-state index < -0.39 is 0 Å². The average molecular weight is 416 g/mol. The van der Waals surface area contributed by atoms with Crippen LogP contribution in [0.1, 0.15) is 55.8 Å². The van der Waals surface area contributed by atoms with Crippen LogP contribution in [0.4, 0.5) is 0 Å². The zero-order valence-corrected chi connectivity index (χ0v) is 19.1. The van der Waals surface area contributed by atoms with Crippen molar-refractivity contribution in [3.63, 3.8) is 0 Å². The zero-order valence-electron chi connectivity index (χ0n) is 19.1. The molecule has 2 aromatic heterocycles. The van der Waals surface area contributed by atoms with Crippen molar-refractivity contribution in [2.24, 2.45) is 5.73 Å². The number of aromatic amines is 1. The summed E-state index contributed by atoms with van der Waals surface area (Å²) in [7, 11) is 1.70. The highest BCUT2D eigenvalue weighted by atomic mass is 16.5. The van der Waals surface area contributed by atoms with E-state index in [-0.39, 0.29) is 0 Å². The Morgan fingerprint density at radius 3 is 2.65 bits per heavy atom. The molecule has 0 aliphatic carbocycles. The van der Waals surface area contributed by atoms with E-state index >= 15 is 0 Å². The SMILES string of the molecule is CCC(C)c1ccc2[nH]c(-c3ccc(OC)c4nc(C)ccc34)c(CCCCN)c2c1. The molecule has 3 N–H and O–H groups in total. The molecule has 162 valence electrons. The maximum atomic E-state index is 5.80. The number of aromatic nitrogens is 2. The zero-order chi connectivity index (χ0) is 22.0. The molecule has 2 aromatic carbocycles. The van der Waals surface area contributed by atoms with Gasteiger partial charge in [-0.2, -0.15) is 0 Å². The van der Waals surface area contributed by atoms with Crippen molar-refractivity contribution in [2.75, 3.05) is 13.7 Å². The first-order valence-corrected chi connectivity index (χ1v) is 11.4. The van der Waals surface area contributed by atoms with Crippen molar-refractivity contribution in [1.29, 1.82) is 0 Å². The van der Waals surface area contributed by atoms with Gasteiger partial charge in [-0.05, 0) is 86.5 Å². The molecule has 0 fully saturated rings. The van der Waals surface area contributed by atoms with Crippen LogP contribution >= 0.6 is 0 Å². The Balaban J connectivity index is 1.95. The predicted octanol–water partition coefficient (Wildman–Crippen LogP) is 6.50. The first kappa shape index (κ1) is 21.4. The van der Waals surface area contributed by atoms with Crippen LogP contribution in [0.15, 0.2) is 42.5 Å². The van der Waals surface area contributed by atoms with Crippen LogP contribution in [0.2, 0.25) is 0 Å². The number of benzene rings is 2. The minimum atomic E-state index is 0.550. The number of aryl methyl sites for hydroxylation is 2. The summed E-state index contributed by atoms with van der Waals surface area (Å²) < 4.78 is 5.61. The van der Waals surface area contributed by atoms with Crippen molar-refractivity contribution in [2.45, 2.75) is 52.4 Å². The van der Waals surface area contributed by atoms with Gasteiger partial charge in [0.15, 0.2) is 0 Å². The largest absolute Gasteiger partial charge is 0.494 e. The number of unbranched alkanes of at least 4 members (excludes halogenated alkanes) is 1. The smallest absolute Gasteiger partial charge is 0.145 e. The van der Waals surface area contributed by atoms with Crippen molar-refractivity contribution in [3.05, 3.63) is 59.3 Å². The Hall–Kier alpha value is -2.85. The van der Waals surface area contributed by atoms with Gasteiger partial charge < -0.3 is 15.5 Å². The van der Waals surface area contributed by atoms with E-state index in [1.807, 2.05) is 13.0 Å². The van der Waals surface area contributed by atoms with E-state index in [4.69, 9.17) is 15.5 Å². The molecule has 0 aliphatic rings. The third-order valence-electron chi connectivity index (χ3n) is 6.44. The Morgan fingerprint density at radius 1 is 1.06 bits per heavy atom. The number of nitrogens with zero attached hydrogens (tertiary/aromatic N) is 1. The first-order chi connectivity index (χ1) is 15.1. The molecule has 4 rings (SSSR count). The second-order valence-corrected chi connectivity index (χ2v) is 8.50. The van der Waals surface area contributed by atoms with Crippen LogP contribution < -0.4 is 10.5 Å². The first-order valence-electron chi connectivity index (χ1n) is 11.4. The van der Waals surface area contributed by atoms with Crippen LogP contribution in [0, 0.1) is 6.92 Å². The molecule has 0 aliphatic heterocycles. The minimum absolute atomic E-state index is 0.550. The summed E-state index contributed by atoms with van der Waals surface area (Å²) in [6.07, 6.45) is 4.25. The highest BCUT2D eigenvalue weighted by molar-refractivity contribution is 6.01. The molecule has 4 heteroatoms. The number of pyridine rings is 1. The lowest BCUT2D eigenvalue weighted by Crippen LogP contribution is -2.00. The number of H-pyrrole nitrogens is 1. The van der Waals surface area contributed by atoms with Crippen LogP contribution in [0.5, 0.6) is 5.75 Å². The highest BCUT2D eigenvalue weighted by Crippen LogP contribution is 2.39. The lowest BCUT2D eigenvalue weighted by molar-refractivity contribution is 0.419. The summed E-state index contributed by atoms with van der Waals surface area (Å²) in [5, 5.41) is 2.44. The highest BCUT2D eigenvalue weighted by Gasteiger charge is 2.18. The molecular weight excluding hydrogens is 382 g/mol. The second-order valence-electron chi connectivity index (χ2n) is 8.50. The van der Waals surface area contributed by atoms with Gasteiger partial charge >= 0.3 is 0 Å².